The van der Waals surface area contributed by atoms with Crippen LogP contribution in [0.2, 0.25) is 0 Å². The van der Waals surface area contributed by atoms with Crippen molar-refractivity contribution < 1.29 is 26.7 Å². The number of sulfonamides is 1. The van der Waals surface area contributed by atoms with Crippen LogP contribution in [0.25, 0.3) is 5.69 Å². The van der Waals surface area contributed by atoms with Gasteiger partial charge in [0.05, 0.1) is 21.8 Å². The molecule has 3 aromatic rings. The van der Waals surface area contributed by atoms with E-state index >= 15 is 0 Å². The number of halogens is 2. The first-order valence-electron chi connectivity index (χ1n) is 13.9. The maximum atomic E-state index is 14.5. The van der Waals surface area contributed by atoms with Crippen molar-refractivity contribution in [2.45, 2.75) is 75.8 Å². The molecule has 2 saturated carbocycles. The minimum atomic E-state index is -4.11. The maximum absolute atomic E-state index is 14.5. The molecule has 2 atom stereocenters. The molecule has 2 heterocycles. The predicted octanol–water partition coefficient (Wildman–Crippen LogP) is 5.49. The highest BCUT2D eigenvalue weighted by Gasteiger charge is 2.75. The lowest BCUT2D eigenvalue weighted by molar-refractivity contribution is -0.227. The molecule has 1 amide bonds. The molecule has 3 fully saturated rings. The van der Waals surface area contributed by atoms with Crippen LogP contribution in [0.3, 0.4) is 0 Å². The summed E-state index contributed by atoms with van der Waals surface area (Å²) in [4.78, 5) is 15.7. The van der Waals surface area contributed by atoms with Crippen LogP contribution < -0.4 is 14.4 Å². The van der Waals surface area contributed by atoms with Crippen molar-refractivity contribution in [3.63, 3.8) is 0 Å². The predicted molar refractivity (Wildman–Crippen MR) is 150 cm³/mol. The summed E-state index contributed by atoms with van der Waals surface area (Å²) >= 11 is 0. The lowest BCUT2D eigenvalue weighted by Gasteiger charge is -2.44. The van der Waals surface area contributed by atoms with E-state index in [2.05, 4.69) is 35.5 Å². The van der Waals surface area contributed by atoms with E-state index in [1.165, 1.54) is 10.7 Å². The smallest absolute Gasteiger partial charge is 0.289 e. The zero-order valence-corrected chi connectivity index (χ0v) is 24.3. The van der Waals surface area contributed by atoms with Gasteiger partial charge < -0.3 is 9.64 Å². The molecule has 1 spiro atoms. The fourth-order valence-corrected chi connectivity index (χ4v) is 7.69. The third-order valence-corrected chi connectivity index (χ3v) is 10.3. The summed E-state index contributed by atoms with van der Waals surface area (Å²) in [6.45, 7) is 8.65. The zero-order valence-electron chi connectivity index (χ0n) is 23.5. The van der Waals surface area contributed by atoms with E-state index in [1.807, 2.05) is 0 Å². The average Bonchev–Trinajstić information content (AvgIpc) is 3.49. The fraction of sp³-hybridized carbons (Fsp3) is 0.467. The Balaban J connectivity index is 1.31. The molecule has 11 heteroatoms. The standard InChI is InChI=1S/C30H34F2N4O4S/c1-19-16-28(3,4)35(18-19)23-15-21(36-14-11-26(33-36)40-25-17-29(12-13-29)30(25,31)32)9-10-22(23)27(37)34-41(38,39)24-8-6-5-7-20(24)2/h5-11,14-15,19,25H,12-13,16-18H2,1-4H3,(H,34,37)/t19-,25?/m0/s1. The van der Waals surface area contributed by atoms with Gasteiger partial charge in [0.1, 0.15) is 0 Å². The molecule has 3 aliphatic rings. The molecule has 2 aliphatic carbocycles. The number of anilines is 1. The second-order valence-electron chi connectivity index (χ2n) is 12.4. The van der Waals surface area contributed by atoms with Crippen molar-refractivity contribution in [2.75, 3.05) is 11.4 Å². The molecule has 6 rings (SSSR count). The second kappa shape index (κ2) is 9.27. The summed E-state index contributed by atoms with van der Waals surface area (Å²) in [5, 5.41) is 4.38. The number of hydrogen-bond acceptors (Lipinski definition) is 6. The van der Waals surface area contributed by atoms with Gasteiger partial charge >= 0.3 is 0 Å². The largest absolute Gasteiger partial charge is 0.467 e. The van der Waals surface area contributed by atoms with Gasteiger partial charge in [0.25, 0.3) is 21.9 Å². The lowest BCUT2D eigenvalue weighted by atomic mass is 9.74. The molecule has 1 saturated heterocycles. The molecule has 41 heavy (non-hydrogen) atoms. The van der Waals surface area contributed by atoms with Gasteiger partial charge in [-0.2, -0.15) is 0 Å². The van der Waals surface area contributed by atoms with Gasteiger partial charge in [0.2, 0.25) is 5.88 Å². The van der Waals surface area contributed by atoms with Gasteiger partial charge in [-0.3, -0.25) is 4.79 Å². The quantitative estimate of drug-likeness (QED) is 0.395. The Bertz CT molecular complexity index is 1630. The SMILES string of the molecule is Cc1ccccc1S(=O)(=O)NC(=O)c1ccc(-n2ccc(OC3CC4(CC4)C3(F)F)n2)cc1N1C[C@@H](C)CC1(C)C. The van der Waals surface area contributed by atoms with Gasteiger partial charge in [0.15, 0.2) is 6.10 Å². The molecule has 1 N–H and O–H groups in total. The first-order chi connectivity index (χ1) is 19.2. The summed E-state index contributed by atoms with van der Waals surface area (Å²) in [5.74, 6) is -3.14. The molecule has 1 aliphatic heterocycles. The summed E-state index contributed by atoms with van der Waals surface area (Å²) in [6, 6.07) is 13.0. The highest BCUT2D eigenvalue weighted by molar-refractivity contribution is 7.90. The number of aromatic nitrogens is 2. The molecule has 0 radical (unpaired) electrons. The number of carbonyl (C=O) groups is 1. The third kappa shape index (κ3) is 4.67. The molecular weight excluding hydrogens is 550 g/mol. The Labute approximate surface area is 238 Å². The summed E-state index contributed by atoms with van der Waals surface area (Å²) in [7, 11) is -4.11. The number of carbonyl (C=O) groups excluding carboxylic acids is 1. The van der Waals surface area contributed by atoms with Crippen LogP contribution in [0.4, 0.5) is 14.5 Å². The number of rotatable bonds is 7. The summed E-state index contributed by atoms with van der Waals surface area (Å²) in [6.07, 6.45) is 2.73. The Morgan fingerprint density at radius 1 is 1.10 bits per heavy atom. The minimum Gasteiger partial charge on any atom is -0.467 e. The van der Waals surface area contributed by atoms with Gasteiger partial charge in [-0.25, -0.2) is 26.6 Å². The molecular formula is C30H34F2N4O4S. The van der Waals surface area contributed by atoms with E-state index in [9.17, 15) is 22.0 Å². The Morgan fingerprint density at radius 3 is 2.46 bits per heavy atom. The van der Waals surface area contributed by atoms with Gasteiger partial charge in [-0.05, 0) is 75.8 Å². The van der Waals surface area contributed by atoms with Crippen LogP contribution >= 0.6 is 0 Å². The van der Waals surface area contributed by atoms with Crippen LogP contribution in [0, 0.1) is 18.3 Å². The molecule has 0 bridgehead atoms. The molecule has 8 nitrogen and oxygen atoms in total. The molecule has 1 aromatic heterocycles. The Morgan fingerprint density at radius 2 is 1.83 bits per heavy atom. The van der Waals surface area contributed by atoms with E-state index in [1.54, 1.807) is 55.6 Å². The highest BCUT2D eigenvalue weighted by atomic mass is 32.2. The Kier molecular flexibility index (Phi) is 6.26. The summed E-state index contributed by atoms with van der Waals surface area (Å²) < 4.78 is 64.6. The van der Waals surface area contributed by atoms with Crippen molar-refractivity contribution >= 4 is 21.6 Å². The molecule has 2 aromatic carbocycles. The van der Waals surface area contributed by atoms with Gasteiger partial charge in [0, 0.05) is 36.2 Å². The van der Waals surface area contributed by atoms with Crippen LogP contribution in [0.1, 0.15) is 62.4 Å². The second-order valence-corrected chi connectivity index (χ2v) is 14.1. The molecule has 1 unspecified atom stereocenters. The van der Waals surface area contributed by atoms with Crippen molar-refractivity contribution in [1.29, 1.82) is 0 Å². The van der Waals surface area contributed by atoms with E-state index in [4.69, 9.17) is 4.74 Å². The first kappa shape index (κ1) is 27.7. The van der Waals surface area contributed by atoms with Gasteiger partial charge in [-0.15, -0.1) is 5.10 Å². The van der Waals surface area contributed by atoms with Crippen molar-refractivity contribution in [1.82, 2.24) is 14.5 Å². The van der Waals surface area contributed by atoms with Crippen molar-refractivity contribution in [2.24, 2.45) is 11.3 Å². The topological polar surface area (TPSA) is 93.5 Å². The zero-order chi connectivity index (χ0) is 29.4. The number of ether oxygens (including phenoxy) is 1. The highest BCUT2D eigenvalue weighted by Crippen LogP contribution is 2.69. The van der Waals surface area contributed by atoms with Crippen molar-refractivity contribution in [3.05, 3.63) is 65.9 Å². The van der Waals surface area contributed by atoms with E-state index in [0.29, 0.717) is 48.7 Å². The monoisotopic (exact) mass is 584 g/mol. The minimum absolute atomic E-state index is 0.0374. The number of amides is 1. The number of benzene rings is 2. The van der Waals surface area contributed by atoms with Crippen LogP contribution in [0.5, 0.6) is 5.88 Å². The van der Waals surface area contributed by atoms with E-state index in [-0.39, 0.29) is 21.9 Å². The number of nitrogens with zero attached hydrogens (tertiary/aromatic N) is 3. The van der Waals surface area contributed by atoms with Crippen LogP contribution in [-0.2, 0) is 10.0 Å². The number of nitrogens with one attached hydrogen (secondary N) is 1. The van der Waals surface area contributed by atoms with Gasteiger partial charge in [-0.1, -0.05) is 25.1 Å². The van der Waals surface area contributed by atoms with Crippen LogP contribution in [-0.4, -0.2) is 48.2 Å². The summed E-state index contributed by atoms with van der Waals surface area (Å²) in [5.41, 5.74) is 0.713. The number of hydrogen-bond donors (Lipinski definition) is 1. The normalized spacial score (nSPS) is 23.7. The average molecular weight is 585 g/mol. The number of alkyl halides is 2. The van der Waals surface area contributed by atoms with Crippen LogP contribution in [0.15, 0.2) is 59.6 Å². The van der Waals surface area contributed by atoms with Crippen molar-refractivity contribution in [3.8, 4) is 11.6 Å². The van der Waals surface area contributed by atoms with E-state index < -0.39 is 33.4 Å². The third-order valence-electron chi connectivity index (χ3n) is 8.83. The number of aryl methyl sites for hydroxylation is 1. The van der Waals surface area contributed by atoms with E-state index in [0.717, 1.165) is 6.42 Å². The first-order valence-corrected chi connectivity index (χ1v) is 15.4. The molecule has 218 valence electrons. The lowest BCUT2D eigenvalue weighted by Crippen LogP contribution is -2.57. The fourth-order valence-electron chi connectivity index (χ4n) is 6.47. The maximum Gasteiger partial charge on any atom is 0.289 e. The Hall–Kier alpha value is -3.47.